The summed E-state index contributed by atoms with van der Waals surface area (Å²) in [5.41, 5.74) is 0. The van der Waals surface area contributed by atoms with Gasteiger partial charge in [-0.1, -0.05) is 23.2 Å². The van der Waals surface area contributed by atoms with E-state index in [0.29, 0.717) is 21.5 Å². The number of hydrogen-bond donors (Lipinski definition) is 0. The molecule has 0 aliphatic heterocycles. The number of rotatable bonds is 3. The Morgan fingerprint density at radius 1 is 1.00 bits per heavy atom. The van der Waals surface area contributed by atoms with Gasteiger partial charge >= 0.3 is 0 Å². The van der Waals surface area contributed by atoms with E-state index in [9.17, 15) is 0 Å². The van der Waals surface area contributed by atoms with Crippen molar-refractivity contribution in [1.82, 2.24) is 0 Å². The van der Waals surface area contributed by atoms with E-state index >= 15 is 0 Å². The van der Waals surface area contributed by atoms with Gasteiger partial charge in [0.05, 0.1) is 12.1 Å². The maximum Gasteiger partial charge on any atom is 0.147 e. The fraction of sp³-hybridized carbons (Fsp3) is 0.0769. The van der Waals surface area contributed by atoms with Crippen LogP contribution in [0.3, 0.4) is 0 Å². The second-order valence-electron chi connectivity index (χ2n) is 3.25. The third-order valence-electron chi connectivity index (χ3n) is 2.14. The molecule has 0 atom stereocenters. The molecule has 0 aliphatic rings. The molecule has 0 spiro atoms. The van der Waals surface area contributed by atoms with Crippen LogP contribution in [0.5, 0.6) is 17.2 Å². The molecule has 2 aromatic carbocycles. The van der Waals surface area contributed by atoms with Crippen molar-refractivity contribution in [2.45, 2.75) is 0 Å². The molecule has 0 fully saturated rings. The fourth-order valence-electron chi connectivity index (χ4n) is 1.28. The maximum atomic E-state index is 5.99. The van der Waals surface area contributed by atoms with E-state index in [4.69, 9.17) is 32.7 Å². The van der Waals surface area contributed by atoms with Gasteiger partial charge in [0.1, 0.15) is 22.3 Å². The van der Waals surface area contributed by atoms with Crippen LogP contribution >= 0.6 is 23.2 Å². The number of hydrogen-bond acceptors (Lipinski definition) is 2. The maximum absolute atomic E-state index is 5.99. The lowest BCUT2D eigenvalue weighted by Crippen LogP contribution is -1.87. The summed E-state index contributed by atoms with van der Waals surface area (Å²) < 4.78 is 10.7. The lowest BCUT2D eigenvalue weighted by molar-refractivity contribution is 0.413. The Kier molecular flexibility index (Phi) is 3.77. The summed E-state index contributed by atoms with van der Waals surface area (Å²) in [6.45, 7) is 0. The van der Waals surface area contributed by atoms with E-state index in [1.807, 2.05) is 0 Å². The normalized spacial score (nSPS) is 10.1. The zero-order valence-corrected chi connectivity index (χ0v) is 10.5. The number of halogens is 2. The van der Waals surface area contributed by atoms with E-state index < -0.39 is 0 Å². The summed E-state index contributed by atoms with van der Waals surface area (Å²) in [5.74, 6) is 1.93. The van der Waals surface area contributed by atoms with Gasteiger partial charge in [0, 0.05) is 6.07 Å². The zero-order valence-electron chi connectivity index (χ0n) is 9.04. The molecule has 0 aliphatic carbocycles. The summed E-state index contributed by atoms with van der Waals surface area (Å²) in [4.78, 5) is 0. The highest BCUT2D eigenvalue weighted by atomic mass is 35.5. The molecule has 0 saturated carbocycles. The largest absolute Gasteiger partial charge is 0.497 e. The Balaban J connectivity index is 2.22. The molecule has 0 aromatic heterocycles. The molecule has 0 amide bonds. The van der Waals surface area contributed by atoms with Crippen LogP contribution in [0.4, 0.5) is 0 Å². The number of ether oxygens (including phenoxy) is 2. The van der Waals surface area contributed by atoms with Crippen molar-refractivity contribution in [1.29, 1.82) is 0 Å². The third-order valence-corrected chi connectivity index (χ3v) is 2.91. The molecule has 2 rings (SSSR count). The van der Waals surface area contributed by atoms with E-state index in [1.54, 1.807) is 43.5 Å². The standard InChI is InChI=1S/C13H9Cl2O2/c1-16-9-5-7-10(8-6-9)17-12-4-2-3-11(14)13(12)15/h2,4-8H,1H3. The summed E-state index contributed by atoms with van der Waals surface area (Å²) >= 11 is 11.8. The average Bonchev–Trinajstić information content (AvgIpc) is 2.36. The molecule has 2 aromatic rings. The van der Waals surface area contributed by atoms with Gasteiger partial charge in [0.2, 0.25) is 0 Å². The Bertz CT molecular complexity index is 509. The Labute approximate surface area is 110 Å². The summed E-state index contributed by atoms with van der Waals surface area (Å²) in [6, 6.07) is 13.3. The smallest absolute Gasteiger partial charge is 0.147 e. The zero-order chi connectivity index (χ0) is 12.3. The second-order valence-corrected chi connectivity index (χ2v) is 4.00. The molecule has 0 unspecified atom stereocenters. The average molecular weight is 268 g/mol. The lowest BCUT2D eigenvalue weighted by atomic mass is 10.3. The van der Waals surface area contributed by atoms with Crippen LogP contribution in [0.2, 0.25) is 10.0 Å². The Morgan fingerprint density at radius 2 is 1.65 bits per heavy atom. The molecule has 17 heavy (non-hydrogen) atoms. The van der Waals surface area contributed by atoms with E-state index in [0.717, 1.165) is 5.75 Å². The van der Waals surface area contributed by atoms with Crippen molar-refractivity contribution in [3.8, 4) is 17.2 Å². The van der Waals surface area contributed by atoms with Gasteiger partial charge < -0.3 is 9.47 Å². The molecule has 0 heterocycles. The van der Waals surface area contributed by atoms with Gasteiger partial charge in [-0.3, -0.25) is 0 Å². The predicted octanol–water partition coefficient (Wildman–Crippen LogP) is 4.59. The van der Waals surface area contributed by atoms with E-state index in [-0.39, 0.29) is 0 Å². The topological polar surface area (TPSA) is 18.5 Å². The molecule has 0 saturated heterocycles. The van der Waals surface area contributed by atoms with E-state index in [2.05, 4.69) is 6.07 Å². The Morgan fingerprint density at radius 3 is 2.29 bits per heavy atom. The molecule has 4 heteroatoms. The van der Waals surface area contributed by atoms with Crippen molar-refractivity contribution in [2.75, 3.05) is 7.11 Å². The third kappa shape index (κ3) is 2.84. The van der Waals surface area contributed by atoms with Crippen LogP contribution < -0.4 is 9.47 Å². The minimum atomic E-state index is 0.345. The molecule has 87 valence electrons. The summed E-state index contributed by atoms with van der Waals surface area (Å²) in [5, 5.41) is 0.697. The van der Waals surface area contributed by atoms with Crippen LogP contribution in [0.25, 0.3) is 0 Å². The van der Waals surface area contributed by atoms with Crippen LogP contribution in [0, 0.1) is 6.07 Å². The van der Waals surface area contributed by atoms with Gasteiger partial charge in [-0.15, -0.1) is 0 Å². The molecule has 0 N–H and O–H groups in total. The van der Waals surface area contributed by atoms with Gasteiger partial charge in [0.25, 0.3) is 0 Å². The predicted molar refractivity (Wildman–Crippen MR) is 68.4 cm³/mol. The van der Waals surface area contributed by atoms with Gasteiger partial charge in [0.15, 0.2) is 0 Å². The molecular weight excluding hydrogens is 259 g/mol. The first-order chi connectivity index (χ1) is 8.20. The number of methoxy groups -OCH3 is 1. The molecule has 2 nitrogen and oxygen atoms in total. The summed E-state index contributed by atoms with van der Waals surface area (Å²) in [6.07, 6.45) is 0. The van der Waals surface area contributed by atoms with Crippen LogP contribution in [-0.4, -0.2) is 7.11 Å². The lowest BCUT2D eigenvalue weighted by Gasteiger charge is -2.08. The van der Waals surface area contributed by atoms with Gasteiger partial charge in [-0.25, -0.2) is 0 Å². The monoisotopic (exact) mass is 267 g/mol. The highest BCUT2D eigenvalue weighted by Gasteiger charge is 2.06. The Hall–Kier alpha value is -1.38. The van der Waals surface area contributed by atoms with Crippen LogP contribution in [-0.2, 0) is 0 Å². The first-order valence-electron chi connectivity index (χ1n) is 4.88. The van der Waals surface area contributed by atoms with Crippen LogP contribution in [0.1, 0.15) is 0 Å². The minimum Gasteiger partial charge on any atom is -0.497 e. The summed E-state index contributed by atoms with van der Waals surface area (Å²) in [7, 11) is 1.61. The highest BCUT2D eigenvalue weighted by Crippen LogP contribution is 2.34. The fourth-order valence-corrected chi connectivity index (χ4v) is 1.60. The van der Waals surface area contributed by atoms with Crippen molar-refractivity contribution >= 4 is 23.2 Å². The van der Waals surface area contributed by atoms with Crippen molar-refractivity contribution in [3.63, 3.8) is 0 Å². The van der Waals surface area contributed by atoms with Crippen LogP contribution in [0.15, 0.2) is 36.4 Å². The quantitative estimate of drug-likeness (QED) is 0.810. The SMILES string of the molecule is COc1ccc(Oc2cc[c]c(Cl)c2Cl)cc1. The van der Waals surface area contributed by atoms with Crippen molar-refractivity contribution in [3.05, 3.63) is 52.5 Å². The van der Waals surface area contributed by atoms with Gasteiger partial charge in [-0.2, -0.15) is 0 Å². The molecule has 0 bridgehead atoms. The molecule has 1 radical (unpaired) electrons. The first kappa shape index (κ1) is 12.1. The molecular formula is C13H9Cl2O2. The minimum absolute atomic E-state index is 0.345. The van der Waals surface area contributed by atoms with Crippen molar-refractivity contribution in [2.24, 2.45) is 0 Å². The van der Waals surface area contributed by atoms with Gasteiger partial charge in [-0.05, 0) is 36.4 Å². The number of benzene rings is 2. The van der Waals surface area contributed by atoms with Crippen molar-refractivity contribution < 1.29 is 9.47 Å². The van der Waals surface area contributed by atoms with E-state index in [1.165, 1.54) is 0 Å². The first-order valence-corrected chi connectivity index (χ1v) is 5.64. The second kappa shape index (κ2) is 5.30. The highest BCUT2D eigenvalue weighted by molar-refractivity contribution is 6.42.